The van der Waals surface area contributed by atoms with Gasteiger partial charge in [-0.15, -0.1) is 0 Å². The largest absolute Gasteiger partial charge is 0.489 e. The molecule has 2 heteroatoms. The van der Waals surface area contributed by atoms with Crippen LogP contribution in [-0.2, 0) is 12.0 Å². The van der Waals surface area contributed by atoms with Gasteiger partial charge >= 0.3 is 0 Å². The summed E-state index contributed by atoms with van der Waals surface area (Å²) >= 11 is 0. The van der Waals surface area contributed by atoms with Crippen LogP contribution in [0.2, 0.25) is 0 Å². The Bertz CT molecular complexity index is 500. The molecule has 0 saturated heterocycles. The van der Waals surface area contributed by atoms with E-state index in [0.717, 1.165) is 5.75 Å². The topological polar surface area (TPSA) is 22.1 Å². The quantitative estimate of drug-likeness (QED) is 0.811. The highest BCUT2D eigenvalue weighted by Crippen LogP contribution is 2.26. The van der Waals surface area contributed by atoms with Crippen LogP contribution in [0.3, 0.4) is 0 Å². The average molecular weight is 241 g/mol. The lowest BCUT2D eigenvalue weighted by molar-refractivity contribution is 0.302. The van der Waals surface area contributed by atoms with Gasteiger partial charge in [-0.2, -0.15) is 0 Å². The molecule has 2 aromatic rings. The van der Waals surface area contributed by atoms with Crippen LogP contribution in [0.25, 0.3) is 0 Å². The van der Waals surface area contributed by atoms with Crippen molar-refractivity contribution in [2.75, 3.05) is 0 Å². The highest BCUT2D eigenvalue weighted by Gasteiger charge is 2.17. The summed E-state index contributed by atoms with van der Waals surface area (Å²) in [6.45, 7) is 7.26. The van der Waals surface area contributed by atoms with E-state index in [2.05, 4.69) is 50.0 Å². The molecular weight excluding hydrogens is 222 g/mol. The van der Waals surface area contributed by atoms with Gasteiger partial charge < -0.3 is 4.74 Å². The molecule has 0 N–H and O–H groups in total. The Balaban J connectivity index is 2.15. The van der Waals surface area contributed by atoms with Crippen molar-refractivity contribution in [2.45, 2.75) is 32.8 Å². The number of ether oxygens (including phenoxy) is 1. The van der Waals surface area contributed by atoms with Gasteiger partial charge in [-0.05, 0) is 28.7 Å². The van der Waals surface area contributed by atoms with Gasteiger partial charge in [0, 0.05) is 12.4 Å². The third kappa shape index (κ3) is 3.10. The third-order valence-electron chi connectivity index (χ3n) is 2.87. The van der Waals surface area contributed by atoms with Crippen LogP contribution >= 0.6 is 0 Å². The van der Waals surface area contributed by atoms with Gasteiger partial charge in [-0.25, -0.2) is 0 Å². The molecule has 0 radical (unpaired) electrons. The van der Waals surface area contributed by atoms with Gasteiger partial charge in [0.1, 0.15) is 12.4 Å². The Hall–Kier alpha value is -1.83. The van der Waals surface area contributed by atoms with Crippen molar-refractivity contribution < 1.29 is 4.74 Å². The molecule has 0 aliphatic heterocycles. The summed E-state index contributed by atoms with van der Waals surface area (Å²) in [6.07, 6.45) is 3.48. The zero-order valence-corrected chi connectivity index (χ0v) is 11.2. The van der Waals surface area contributed by atoms with Gasteiger partial charge in [0.2, 0.25) is 0 Å². The standard InChI is InChI=1S/C16H19NO/c1-16(2,3)15-7-5-4-6-13(15)12-18-14-8-10-17-11-9-14/h4-11H,12H2,1-3H3. The molecule has 0 aliphatic rings. The Morgan fingerprint density at radius 3 is 2.33 bits per heavy atom. The molecule has 0 unspecified atom stereocenters. The average Bonchev–Trinajstić information content (AvgIpc) is 2.37. The zero-order chi connectivity index (χ0) is 13.0. The fourth-order valence-electron chi connectivity index (χ4n) is 1.97. The maximum Gasteiger partial charge on any atom is 0.122 e. The number of benzene rings is 1. The van der Waals surface area contributed by atoms with Gasteiger partial charge in [0.15, 0.2) is 0 Å². The van der Waals surface area contributed by atoms with E-state index >= 15 is 0 Å². The van der Waals surface area contributed by atoms with Crippen LogP contribution in [-0.4, -0.2) is 4.98 Å². The van der Waals surface area contributed by atoms with E-state index in [4.69, 9.17) is 4.74 Å². The molecule has 18 heavy (non-hydrogen) atoms. The first kappa shape index (κ1) is 12.6. The van der Waals surface area contributed by atoms with Crippen LogP contribution in [0.1, 0.15) is 31.9 Å². The van der Waals surface area contributed by atoms with E-state index in [0.29, 0.717) is 6.61 Å². The molecule has 2 rings (SSSR count). The second-order valence-corrected chi connectivity index (χ2v) is 5.38. The van der Waals surface area contributed by atoms with Crippen molar-refractivity contribution in [3.05, 3.63) is 59.9 Å². The van der Waals surface area contributed by atoms with E-state index in [9.17, 15) is 0 Å². The fourth-order valence-corrected chi connectivity index (χ4v) is 1.97. The number of hydrogen-bond acceptors (Lipinski definition) is 2. The summed E-state index contributed by atoms with van der Waals surface area (Å²) in [5.74, 6) is 0.855. The Morgan fingerprint density at radius 2 is 1.67 bits per heavy atom. The number of hydrogen-bond donors (Lipinski definition) is 0. The van der Waals surface area contributed by atoms with Gasteiger partial charge in [0.05, 0.1) is 0 Å². The summed E-state index contributed by atoms with van der Waals surface area (Å²) in [5.41, 5.74) is 2.71. The van der Waals surface area contributed by atoms with E-state index in [-0.39, 0.29) is 5.41 Å². The lowest BCUT2D eigenvalue weighted by Crippen LogP contribution is -2.15. The Labute approximate surface area is 109 Å². The smallest absolute Gasteiger partial charge is 0.122 e. The highest BCUT2D eigenvalue weighted by molar-refractivity contribution is 5.32. The summed E-state index contributed by atoms with van der Waals surface area (Å²) in [6, 6.07) is 12.2. The minimum atomic E-state index is 0.137. The van der Waals surface area contributed by atoms with Crippen molar-refractivity contribution in [1.29, 1.82) is 0 Å². The van der Waals surface area contributed by atoms with Crippen LogP contribution in [0.5, 0.6) is 5.75 Å². The van der Waals surface area contributed by atoms with Gasteiger partial charge in [-0.1, -0.05) is 45.0 Å². The molecule has 0 atom stereocenters. The summed E-state index contributed by atoms with van der Waals surface area (Å²) in [4.78, 5) is 3.98. The monoisotopic (exact) mass is 241 g/mol. The zero-order valence-electron chi connectivity index (χ0n) is 11.2. The van der Waals surface area contributed by atoms with E-state index < -0.39 is 0 Å². The van der Waals surface area contributed by atoms with Crippen LogP contribution < -0.4 is 4.74 Å². The van der Waals surface area contributed by atoms with Crippen LogP contribution in [0, 0.1) is 0 Å². The van der Waals surface area contributed by atoms with Crippen molar-refractivity contribution in [1.82, 2.24) is 4.98 Å². The second-order valence-electron chi connectivity index (χ2n) is 5.38. The molecule has 1 aromatic heterocycles. The molecule has 0 saturated carbocycles. The lowest BCUT2D eigenvalue weighted by atomic mass is 9.84. The van der Waals surface area contributed by atoms with Crippen molar-refractivity contribution in [2.24, 2.45) is 0 Å². The third-order valence-corrected chi connectivity index (χ3v) is 2.87. The molecule has 0 bridgehead atoms. The molecule has 1 aromatic carbocycles. The Morgan fingerprint density at radius 1 is 1.00 bits per heavy atom. The SMILES string of the molecule is CC(C)(C)c1ccccc1COc1ccncc1. The molecule has 0 amide bonds. The van der Waals surface area contributed by atoms with Crippen LogP contribution in [0.15, 0.2) is 48.8 Å². The summed E-state index contributed by atoms with van der Waals surface area (Å²) in [7, 11) is 0. The van der Waals surface area contributed by atoms with Gasteiger partial charge in [-0.3, -0.25) is 4.98 Å². The first-order valence-corrected chi connectivity index (χ1v) is 6.18. The molecule has 0 fully saturated rings. The number of rotatable bonds is 3. The number of aromatic nitrogens is 1. The van der Waals surface area contributed by atoms with E-state index in [1.54, 1.807) is 12.4 Å². The lowest BCUT2D eigenvalue weighted by Gasteiger charge is -2.22. The first-order valence-electron chi connectivity index (χ1n) is 6.18. The Kier molecular flexibility index (Phi) is 3.66. The van der Waals surface area contributed by atoms with Crippen molar-refractivity contribution in [3.63, 3.8) is 0 Å². The van der Waals surface area contributed by atoms with Crippen molar-refractivity contribution >= 4 is 0 Å². The fraction of sp³-hybridized carbons (Fsp3) is 0.312. The summed E-state index contributed by atoms with van der Waals surface area (Å²) in [5, 5.41) is 0. The highest BCUT2D eigenvalue weighted by atomic mass is 16.5. The van der Waals surface area contributed by atoms with E-state index in [1.807, 2.05) is 12.1 Å². The first-order chi connectivity index (χ1) is 8.57. The molecule has 2 nitrogen and oxygen atoms in total. The minimum Gasteiger partial charge on any atom is -0.489 e. The number of nitrogens with zero attached hydrogens (tertiary/aromatic N) is 1. The molecule has 0 aliphatic carbocycles. The molecule has 0 spiro atoms. The molecule has 94 valence electrons. The van der Waals surface area contributed by atoms with Crippen molar-refractivity contribution in [3.8, 4) is 5.75 Å². The van der Waals surface area contributed by atoms with Crippen LogP contribution in [0.4, 0.5) is 0 Å². The second kappa shape index (κ2) is 5.21. The normalized spacial score (nSPS) is 11.3. The maximum atomic E-state index is 5.79. The molecule has 1 heterocycles. The maximum absolute atomic E-state index is 5.79. The van der Waals surface area contributed by atoms with Gasteiger partial charge in [0.25, 0.3) is 0 Å². The molecular formula is C16H19NO. The number of pyridine rings is 1. The minimum absolute atomic E-state index is 0.137. The predicted octanol–water partition coefficient (Wildman–Crippen LogP) is 3.96. The van der Waals surface area contributed by atoms with E-state index in [1.165, 1.54) is 11.1 Å². The predicted molar refractivity (Wildman–Crippen MR) is 73.7 cm³/mol. The summed E-state index contributed by atoms with van der Waals surface area (Å²) < 4.78 is 5.79.